The SMILES string of the molecule is CN=C(N)c1ncc(C)cn1. The maximum Gasteiger partial charge on any atom is 0.194 e. The van der Waals surface area contributed by atoms with Crippen LogP contribution in [0.3, 0.4) is 0 Å². The molecule has 1 heterocycles. The molecular weight excluding hydrogens is 140 g/mol. The topological polar surface area (TPSA) is 64.2 Å². The molecule has 0 aliphatic heterocycles. The van der Waals surface area contributed by atoms with Gasteiger partial charge in [0.05, 0.1) is 0 Å². The van der Waals surface area contributed by atoms with Gasteiger partial charge in [-0.1, -0.05) is 0 Å². The number of aryl methyl sites for hydroxylation is 1. The van der Waals surface area contributed by atoms with E-state index in [1.165, 1.54) is 0 Å². The van der Waals surface area contributed by atoms with Crippen LogP contribution in [0.5, 0.6) is 0 Å². The normalized spacial score (nSPS) is 11.6. The van der Waals surface area contributed by atoms with Crippen LogP contribution in [-0.4, -0.2) is 22.9 Å². The Morgan fingerprint density at radius 1 is 1.45 bits per heavy atom. The Morgan fingerprint density at radius 3 is 2.45 bits per heavy atom. The summed E-state index contributed by atoms with van der Waals surface area (Å²) in [6.07, 6.45) is 3.42. The number of amidine groups is 1. The van der Waals surface area contributed by atoms with Crippen molar-refractivity contribution in [1.29, 1.82) is 0 Å². The van der Waals surface area contributed by atoms with Crippen LogP contribution in [0.15, 0.2) is 17.4 Å². The number of nitrogens with two attached hydrogens (primary N) is 1. The molecule has 58 valence electrons. The smallest absolute Gasteiger partial charge is 0.194 e. The molecule has 0 saturated carbocycles. The van der Waals surface area contributed by atoms with Crippen LogP contribution < -0.4 is 5.73 Å². The van der Waals surface area contributed by atoms with Gasteiger partial charge in [0.1, 0.15) is 0 Å². The van der Waals surface area contributed by atoms with Gasteiger partial charge in [-0.3, -0.25) is 4.99 Å². The van der Waals surface area contributed by atoms with Gasteiger partial charge in [0.15, 0.2) is 11.7 Å². The number of aromatic nitrogens is 2. The fourth-order valence-electron chi connectivity index (χ4n) is 0.625. The molecule has 0 atom stereocenters. The number of rotatable bonds is 1. The van der Waals surface area contributed by atoms with Crippen molar-refractivity contribution in [3.05, 3.63) is 23.8 Å². The Morgan fingerprint density at radius 2 is 2.00 bits per heavy atom. The maximum absolute atomic E-state index is 5.47. The maximum atomic E-state index is 5.47. The van der Waals surface area contributed by atoms with Crippen molar-refractivity contribution in [1.82, 2.24) is 9.97 Å². The highest BCUT2D eigenvalue weighted by molar-refractivity contribution is 5.93. The molecule has 0 unspecified atom stereocenters. The molecule has 0 fully saturated rings. The first-order valence-corrected chi connectivity index (χ1v) is 3.25. The van der Waals surface area contributed by atoms with Gasteiger partial charge in [-0.15, -0.1) is 0 Å². The molecule has 4 heteroatoms. The van der Waals surface area contributed by atoms with Crippen molar-refractivity contribution in [2.24, 2.45) is 10.7 Å². The molecule has 0 amide bonds. The molecule has 0 spiro atoms. The van der Waals surface area contributed by atoms with E-state index in [-0.39, 0.29) is 0 Å². The van der Waals surface area contributed by atoms with Crippen molar-refractivity contribution in [2.75, 3.05) is 7.05 Å². The van der Waals surface area contributed by atoms with E-state index >= 15 is 0 Å². The highest BCUT2D eigenvalue weighted by Crippen LogP contribution is 1.92. The molecule has 1 aromatic rings. The summed E-state index contributed by atoms with van der Waals surface area (Å²) >= 11 is 0. The molecule has 0 bridgehead atoms. The Bertz CT molecular complexity index is 262. The van der Waals surface area contributed by atoms with Gasteiger partial charge in [-0.05, 0) is 12.5 Å². The van der Waals surface area contributed by atoms with Crippen molar-refractivity contribution in [2.45, 2.75) is 6.92 Å². The molecule has 1 aromatic heterocycles. The largest absolute Gasteiger partial charge is 0.381 e. The predicted molar refractivity (Wildman–Crippen MR) is 43.4 cm³/mol. The molecule has 2 N–H and O–H groups in total. The molecule has 11 heavy (non-hydrogen) atoms. The Labute approximate surface area is 65.2 Å². The van der Waals surface area contributed by atoms with E-state index in [1.54, 1.807) is 19.4 Å². The number of hydrogen-bond acceptors (Lipinski definition) is 3. The Kier molecular flexibility index (Phi) is 2.15. The van der Waals surface area contributed by atoms with Crippen LogP contribution in [-0.2, 0) is 0 Å². The summed E-state index contributed by atoms with van der Waals surface area (Å²) in [6, 6.07) is 0. The molecule has 0 radical (unpaired) electrons. The van der Waals surface area contributed by atoms with E-state index in [0.29, 0.717) is 11.7 Å². The molecule has 0 aliphatic carbocycles. The minimum atomic E-state index is 0.366. The third kappa shape index (κ3) is 1.73. The van der Waals surface area contributed by atoms with E-state index in [9.17, 15) is 0 Å². The van der Waals surface area contributed by atoms with Gasteiger partial charge in [-0.25, -0.2) is 9.97 Å². The van der Waals surface area contributed by atoms with E-state index in [1.807, 2.05) is 6.92 Å². The lowest BCUT2D eigenvalue weighted by molar-refractivity contribution is 1.09. The lowest BCUT2D eigenvalue weighted by Crippen LogP contribution is -2.16. The van der Waals surface area contributed by atoms with Crippen LogP contribution in [0, 0.1) is 6.92 Å². The quantitative estimate of drug-likeness (QED) is 0.457. The van der Waals surface area contributed by atoms with Crippen molar-refractivity contribution in [3.8, 4) is 0 Å². The second-order valence-corrected chi connectivity index (χ2v) is 2.19. The number of nitrogens with zero attached hydrogens (tertiary/aromatic N) is 3. The molecule has 0 aliphatic rings. The van der Waals surface area contributed by atoms with Gasteiger partial charge in [0.25, 0.3) is 0 Å². The average molecular weight is 150 g/mol. The van der Waals surface area contributed by atoms with Crippen molar-refractivity contribution in [3.63, 3.8) is 0 Å². The summed E-state index contributed by atoms with van der Waals surface area (Å²) in [4.78, 5) is 11.7. The van der Waals surface area contributed by atoms with Crippen LogP contribution in [0.4, 0.5) is 0 Å². The second-order valence-electron chi connectivity index (χ2n) is 2.19. The average Bonchev–Trinajstić information content (AvgIpc) is 2.05. The molecule has 0 saturated heterocycles. The summed E-state index contributed by atoms with van der Waals surface area (Å²) in [5.74, 6) is 0.850. The number of aliphatic imine (C=N–C) groups is 1. The van der Waals surface area contributed by atoms with Gasteiger partial charge >= 0.3 is 0 Å². The van der Waals surface area contributed by atoms with Crippen LogP contribution in [0.2, 0.25) is 0 Å². The zero-order valence-electron chi connectivity index (χ0n) is 6.57. The summed E-state index contributed by atoms with van der Waals surface area (Å²) in [5.41, 5.74) is 6.48. The minimum Gasteiger partial charge on any atom is -0.381 e. The lowest BCUT2D eigenvalue weighted by atomic mass is 10.4. The highest BCUT2D eigenvalue weighted by Gasteiger charge is 1.97. The van der Waals surface area contributed by atoms with Crippen molar-refractivity contribution >= 4 is 5.84 Å². The zero-order valence-corrected chi connectivity index (χ0v) is 6.57. The Hall–Kier alpha value is -1.45. The van der Waals surface area contributed by atoms with Gasteiger partial charge < -0.3 is 5.73 Å². The first kappa shape index (κ1) is 7.65. The van der Waals surface area contributed by atoms with Crippen molar-refractivity contribution < 1.29 is 0 Å². The van der Waals surface area contributed by atoms with Crippen LogP contribution >= 0.6 is 0 Å². The fourth-order valence-corrected chi connectivity index (χ4v) is 0.625. The summed E-state index contributed by atoms with van der Waals surface area (Å²) in [5, 5.41) is 0. The van der Waals surface area contributed by atoms with E-state index in [4.69, 9.17) is 5.73 Å². The van der Waals surface area contributed by atoms with Crippen LogP contribution in [0.25, 0.3) is 0 Å². The molecule has 1 rings (SSSR count). The van der Waals surface area contributed by atoms with E-state index in [2.05, 4.69) is 15.0 Å². The summed E-state index contributed by atoms with van der Waals surface area (Å²) < 4.78 is 0. The lowest BCUT2D eigenvalue weighted by Gasteiger charge is -1.96. The van der Waals surface area contributed by atoms with Gasteiger partial charge in [0, 0.05) is 19.4 Å². The fraction of sp³-hybridized carbons (Fsp3) is 0.286. The minimum absolute atomic E-state index is 0.366. The van der Waals surface area contributed by atoms with E-state index < -0.39 is 0 Å². The first-order chi connectivity index (χ1) is 5.24. The van der Waals surface area contributed by atoms with Gasteiger partial charge in [0.2, 0.25) is 0 Å². The first-order valence-electron chi connectivity index (χ1n) is 3.25. The third-order valence-electron chi connectivity index (χ3n) is 1.25. The second kappa shape index (κ2) is 3.09. The summed E-state index contributed by atoms with van der Waals surface area (Å²) in [7, 11) is 1.61. The highest BCUT2D eigenvalue weighted by atomic mass is 15.0. The summed E-state index contributed by atoms with van der Waals surface area (Å²) in [6.45, 7) is 1.92. The standard InChI is InChI=1S/C7H10N4/c1-5-3-10-7(11-4-5)6(8)9-2/h3-4H,1-2H3,(H2,8,9). The Balaban J connectivity index is 2.99. The zero-order chi connectivity index (χ0) is 8.27. The molecule has 0 aromatic carbocycles. The van der Waals surface area contributed by atoms with Gasteiger partial charge in [-0.2, -0.15) is 0 Å². The number of hydrogen-bond donors (Lipinski definition) is 1. The molecular formula is C7H10N4. The monoisotopic (exact) mass is 150 g/mol. The van der Waals surface area contributed by atoms with E-state index in [0.717, 1.165) is 5.56 Å². The molecule has 4 nitrogen and oxygen atoms in total. The third-order valence-corrected chi connectivity index (χ3v) is 1.25. The van der Waals surface area contributed by atoms with Crippen LogP contribution in [0.1, 0.15) is 11.4 Å². The predicted octanol–water partition coefficient (Wildman–Crippen LogP) is 0.120.